The molecule has 0 bridgehead atoms. The predicted octanol–water partition coefficient (Wildman–Crippen LogP) is 5.17. The number of hydrogen-bond acceptors (Lipinski definition) is 4. The third kappa shape index (κ3) is 5.62. The number of ether oxygens (including phenoxy) is 2. The van der Waals surface area contributed by atoms with Crippen LogP contribution in [0.4, 0.5) is 5.69 Å². The molecule has 1 saturated heterocycles. The van der Waals surface area contributed by atoms with Crippen molar-refractivity contribution in [1.82, 2.24) is 0 Å². The van der Waals surface area contributed by atoms with Gasteiger partial charge in [0.2, 0.25) is 5.91 Å². The molecule has 5 heteroatoms. The van der Waals surface area contributed by atoms with E-state index >= 15 is 0 Å². The zero-order valence-corrected chi connectivity index (χ0v) is 17.9. The summed E-state index contributed by atoms with van der Waals surface area (Å²) < 4.78 is 10.6. The average Bonchev–Trinajstić information content (AvgIpc) is 3.16. The number of aryl methyl sites for hydroxylation is 1. The topological polar surface area (TPSA) is 55.8 Å². The molecule has 160 valence electrons. The first-order chi connectivity index (χ1) is 14.6. The highest BCUT2D eigenvalue weighted by atomic mass is 16.5. The maximum Gasteiger partial charge on any atom is 0.337 e. The molecule has 0 spiro atoms. The van der Waals surface area contributed by atoms with Crippen LogP contribution >= 0.6 is 0 Å². The first-order valence-corrected chi connectivity index (χ1v) is 10.8. The lowest BCUT2D eigenvalue weighted by Gasteiger charge is -2.25. The number of rotatable bonds is 10. The van der Waals surface area contributed by atoms with E-state index in [0.29, 0.717) is 24.3 Å². The molecule has 1 aliphatic rings. The summed E-state index contributed by atoms with van der Waals surface area (Å²) in [6.07, 6.45) is 7.40. The van der Waals surface area contributed by atoms with Crippen molar-refractivity contribution in [3.8, 4) is 5.75 Å². The molecular weight excluding hydrogens is 378 g/mol. The van der Waals surface area contributed by atoms with E-state index in [1.165, 1.54) is 38.4 Å². The number of methoxy groups -OCH3 is 1. The van der Waals surface area contributed by atoms with Gasteiger partial charge in [0.1, 0.15) is 12.4 Å². The Morgan fingerprint density at radius 3 is 2.43 bits per heavy atom. The van der Waals surface area contributed by atoms with Crippen molar-refractivity contribution in [2.45, 2.75) is 57.9 Å². The molecule has 3 rings (SSSR count). The van der Waals surface area contributed by atoms with Crippen molar-refractivity contribution in [2.75, 3.05) is 18.6 Å². The molecule has 30 heavy (non-hydrogen) atoms. The normalized spacial score (nSPS) is 16.0. The first-order valence-electron chi connectivity index (χ1n) is 10.8. The van der Waals surface area contributed by atoms with E-state index in [4.69, 9.17) is 9.47 Å². The molecule has 1 fully saturated rings. The van der Waals surface area contributed by atoms with Gasteiger partial charge in [-0.05, 0) is 61.2 Å². The Bertz CT molecular complexity index is 829. The van der Waals surface area contributed by atoms with E-state index < -0.39 is 0 Å². The van der Waals surface area contributed by atoms with Crippen LogP contribution in [0.25, 0.3) is 0 Å². The Morgan fingerprint density at radius 1 is 1.03 bits per heavy atom. The Kier molecular flexibility index (Phi) is 7.89. The largest absolute Gasteiger partial charge is 0.491 e. The van der Waals surface area contributed by atoms with Crippen LogP contribution in [0, 0.1) is 0 Å². The van der Waals surface area contributed by atoms with Crippen molar-refractivity contribution in [3.05, 3.63) is 59.7 Å². The number of benzene rings is 2. The Balaban J connectivity index is 1.58. The van der Waals surface area contributed by atoms with Crippen LogP contribution in [0.2, 0.25) is 0 Å². The molecule has 0 saturated carbocycles. The second kappa shape index (κ2) is 10.8. The molecule has 0 aliphatic carbocycles. The summed E-state index contributed by atoms with van der Waals surface area (Å²) in [5.74, 6) is 0.438. The summed E-state index contributed by atoms with van der Waals surface area (Å²) in [6.45, 7) is 2.64. The lowest BCUT2D eigenvalue weighted by molar-refractivity contribution is -0.117. The van der Waals surface area contributed by atoms with Crippen molar-refractivity contribution < 1.29 is 19.1 Å². The maximum absolute atomic E-state index is 12.5. The summed E-state index contributed by atoms with van der Waals surface area (Å²) in [7, 11) is 1.36. The van der Waals surface area contributed by atoms with E-state index in [2.05, 4.69) is 31.2 Å². The van der Waals surface area contributed by atoms with Gasteiger partial charge in [-0.1, -0.05) is 38.3 Å². The fourth-order valence-electron chi connectivity index (χ4n) is 3.83. The van der Waals surface area contributed by atoms with Gasteiger partial charge < -0.3 is 14.4 Å². The van der Waals surface area contributed by atoms with E-state index in [1.807, 2.05) is 4.90 Å². The SMILES string of the molecule is CCCCCCc1ccc(N2C(=O)CCC2COc2ccc(C(=O)OC)cc2)cc1. The summed E-state index contributed by atoms with van der Waals surface area (Å²) >= 11 is 0. The fourth-order valence-corrected chi connectivity index (χ4v) is 3.83. The van der Waals surface area contributed by atoms with Crippen LogP contribution in [-0.4, -0.2) is 31.6 Å². The molecule has 1 amide bonds. The lowest BCUT2D eigenvalue weighted by Crippen LogP contribution is -2.37. The van der Waals surface area contributed by atoms with Crippen molar-refractivity contribution in [2.24, 2.45) is 0 Å². The summed E-state index contributed by atoms with van der Waals surface area (Å²) in [5.41, 5.74) is 2.74. The van der Waals surface area contributed by atoms with Crippen molar-refractivity contribution >= 4 is 17.6 Å². The van der Waals surface area contributed by atoms with Gasteiger partial charge in [-0.2, -0.15) is 0 Å². The molecule has 1 unspecified atom stereocenters. The minimum absolute atomic E-state index is 0.00758. The number of nitrogens with zero attached hydrogens (tertiary/aromatic N) is 1. The molecule has 2 aromatic rings. The third-order valence-corrected chi connectivity index (χ3v) is 5.58. The quantitative estimate of drug-likeness (QED) is 0.401. The smallest absolute Gasteiger partial charge is 0.337 e. The molecule has 0 radical (unpaired) electrons. The van der Waals surface area contributed by atoms with Gasteiger partial charge >= 0.3 is 5.97 Å². The lowest BCUT2D eigenvalue weighted by atomic mass is 10.1. The van der Waals surface area contributed by atoms with Crippen LogP contribution in [0.3, 0.4) is 0 Å². The number of unbranched alkanes of at least 4 members (excludes halogenated alkanes) is 3. The van der Waals surface area contributed by atoms with Crippen molar-refractivity contribution in [3.63, 3.8) is 0 Å². The number of carbonyl (C=O) groups excluding carboxylic acids is 2. The van der Waals surface area contributed by atoms with Gasteiger partial charge in [0, 0.05) is 12.1 Å². The summed E-state index contributed by atoms with van der Waals surface area (Å²) in [6, 6.07) is 15.2. The highest BCUT2D eigenvalue weighted by molar-refractivity contribution is 5.96. The van der Waals surface area contributed by atoms with Gasteiger partial charge in [0.15, 0.2) is 0 Å². The molecule has 1 heterocycles. The number of hydrogen-bond donors (Lipinski definition) is 0. The second-order valence-corrected chi connectivity index (χ2v) is 7.76. The first kappa shape index (κ1) is 21.9. The third-order valence-electron chi connectivity index (χ3n) is 5.58. The Hall–Kier alpha value is -2.82. The van der Waals surface area contributed by atoms with Crippen molar-refractivity contribution in [1.29, 1.82) is 0 Å². The highest BCUT2D eigenvalue weighted by Crippen LogP contribution is 2.28. The zero-order valence-electron chi connectivity index (χ0n) is 17.9. The Labute approximate surface area is 179 Å². The maximum atomic E-state index is 12.5. The van der Waals surface area contributed by atoms with Gasteiger partial charge in [-0.3, -0.25) is 4.79 Å². The van der Waals surface area contributed by atoms with E-state index in [0.717, 1.165) is 18.5 Å². The van der Waals surface area contributed by atoms with Gasteiger partial charge in [0.25, 0.3) is 0 Å². The molecule has 1 aliphatic heterocycles. The van der Waals surface area contributed by atoms with Crippen LogP contribution in [0.1, 0.15) is 61.4 Å². The second-order valence-electron chi connectivity index (χ2n) is 7.76. The van der Waals surface area contributed by atoms with Gasteiger partial charge in [0.05, 0.1) is 18.7 Å². The number of anilines is 1. The van der Waals surface area contributed by atoms with E-state index in [1.54, 1.807) is 24.3 Å². The minimum Gasteiger partial charge on any atom is -0.491 e. The minimum atomic E-state index is -0.372. The molecular formula is C25H31NO4. The summed E-state index contributed by atoms with van der Waals surface area (Å²) in [5, 5.41) is 0. The van der Waals surface area contributed by atoms with Crippen LogP contribution in [-0.2, 0) is 16.0 Å². The van der Waals surface area contributed by atoms with Gasteiger partial charge in [-0.15, -0.1) is 0 Å². The van der Waals surface area contributed by atoms with Crippen LogP contribution in [0.15, 0.2) is 48.5 Å². The van der Waals surface area contributed by atoms with Crippen LogP contribution in [0.5, 0.6) is 5.75 Å². The number of amides is 1. The summed E-state index contributed by atoms with van der Waals surface area (Å²) in [4.78, 5) is 25.9. The molecule has 1 atom stereocenters. The standard InChI is InChI=1S/C25H31NO4/c1-3-4-5-6-7-19-8-12-21(13-9-19)26-22(14-17-24(26)27)18-30-23-15-10-20(11-16-23)25(28)29-2/h8-13,15-16,22H,3-7,14,17-18H2,1-2H3. The fraction of sp³-hybridized carbons (Fsp3) is 0.440. The number of carbonyl (C=O) groups is 2. The zero-order chi connectivity index (χ0) is 21.3. The molecule has 2 aromatic carbocycles. The molecule has 5 nitrogen and oxygen atoms in total. The van der Waals surface area contributed by atoms with E-state index in [-0.39, 0.29) is 17.9 Å². The Morgan fingerprint density at radius 2 is 1.77 bits per heavy atom. The molecule has 0 aromatic heterocycles. The molecule has 0 N–H and O–H groups in total. The highest BCUT2D eigenvalue weighted by Gasteiger charge is 2.32. The number of esters is 1. The van der Waals surface area contributed by atoms with E-state index in [9.17, 15) is 9.59 Å². The average molecular weight is 410 g/mol. The van der Waals surface area contributed by atoms with Crippen LogP contribution < -0.4 is 9.64 Å². The van der Waals surface area contributed by atoms with Gasteiger partial charge in [-0.25, -0.2) is 4.79 Å². The predicted molar refractivity (Wildman–Crippen MR) is 118 cm³/mol. The monoisotopic (exact) mass is 409 g/mol.